The largest absolute Gasteiger partial charge is 0.271 e. The zero-order chi connectivity index (χ0) is 13.8. The maximum absolute atomic E-state index is 13.7. The molecule has 2 aromatic rings. The van der Waals surface area contributed by atoms with Crippen molar-refractivity contribution in [3.8, 4) is 0 Å². The SMILES string of the molecule is NNC(Cc1cccc(Cl)c1)c1ccc(F)cc1F. The highest BCUT2D eigenvalue weighted by Crippen LogP contribution is 2.22. The smallest absolute Gasteiger partial charge is 0.130 e. The van der Waals surface area contributed by atoms with Gasteiger partial charge in [0.1, 0.15) is 11.6 Å². The van der Waals surface area contributed by atoms with Gasteiger partial charge in [-0.05, 0) is 30.2 Å². The Balaban J connectivity index is 2.25. The summed E-state index contributed by atoms with van der Waals surface area (Å²) in [5.74, 6) is 4.22. The number of hydrogen-bond donors (Lipinski definition) is 2. The van der Waals surface area contributed by atoms with Crippen LogP contribution >= 0.6 is 11.6 Å². The molecule has 0 aliphatic rings. The first-order valence-corrected chi connectivity index (χ1v) is 6.13. The van der Waals surface area contributed by atoms with E-state index in [0.717, 1.165) is 11.6 Å². The standard InChI is InChI=1S/C14H13ClF2N2/c15-10-3-1-2-9(6-10)7-14(19-18)12-5-4-11(16)8-13(12)17/h1-6,8,14,19H,7,18H2. The molecule has 3 N–H and O–H groups in total. The van der Waals surface area contributed by atoms with E-state index in [-0.39, 0.29) is 0 Å². The van der Waals surface area contributed by atoms with E-state index in [9.17, 15) is 8.78 Å². The van der Waals surface area contributed by atoms with E-state index < -0.39 is 17.7 Å². The molecule has 19 heavy (non-hydrogen) atoms. The van der Waals surface area contributed by atoms with Crippen molar-refractivity contribution < 1.29 is 8.78 Å². The van der Waals surface area contributed by atoms with Crippen molar-refractivity contribution in [2.75, 3.05) is 0 Å². The maximum atomic E-state index is 13.7. The highest BCUT2D eigenvalue weighted by molar-refractivity contribution is 6.30. The fourth-order valence-corrected chi connectivity index (χ4v) is 2.16. The Labute approximate surface area is 115 Å². The summed E-state index contributed by atoms with van der Waals surface area (Å²) in [7, 11) is 0. The van der Waals surface area contributed by atoms with Gasteiger partial charge in [0.15, 0.2) is 0 Å². The third-order valence-electron chi connectivity index (χ3n) is 2.87. The Morgan fingerprint density at radius 1 is 1.16 bits per heavy atom. The molecule has 2 nitrogen and oxygen atoms in total. The number of hydrazine groups is 1. The second-order valence-electron chi connectivity index (χ2n) is 4.22. The van der Waals surface area contributed by atoms with Crippen molar-refractivity contribution in [1.82, 2.24) is 5.43 Å². The molecule has 0 aromatic heterocycles. The van der Waals surface area contributed by atoms with Crippen LogP contribution in [-0.4, -0.2) is 0 Å². The van der Waals surface area contributed by atoms with E-state index in [0.29, 0.717) is 17.0 Å². The fraction of sp³-hybridized carbons (Fsp3) is 0.143. The topological polar surface area (TPSA) is 38.0 Å². The van der Waals surface area contributed by atoms with Crippen molar-refractivity contribution in [2.45, 2.75) is 12.5 Å². The lowest BCUT2D eigenvalue weighted by atomic mass is 9.99. The van der Waals surface area contributed by atoms with Gasteiger partial charge in [0, 0.05) is 16.7 Å². The lowest BCUT2D eigenvalue weighted by Gasteiger charge is -2.17. The van der Waals surface area contributed by atoms with E-state index in [1.54, 1.807) is 12.1 Å². The first-order chi connectivity index (χ1) is 9.10. The highest BCUT2D eigenvalue weighted by Gasteiger charge is 2.15. The normalized spacial score (nSPS) is 12.4. The van der Waals surface area contributed by atoms with Crippen LogP contribution in [0.3, 0.4) is 0 Å². The second-order valence-corrected chi connectivity index (χ2v) is 4.66. The molecular weight excluding hydrogens is 270 g/mol. The quantitative estimate of drug-likeness (QED) is 0.666. The van der Waals surface area contributed by atoms with Gasteiger partial charge in [-0.15, -0.1) is 0 Å². The monoisotopic (exact) mass is 282 g/mol. The van der Waals surface area contributed by atoms with Gasteiger partial charge < -0.3 is 0 Å². The zero-order valence-corrected chi connectivity index (χ0v) is 10.8. The molecule has 2 aromatic carbocycles. The molecule has 1 atom stereocenters. The Hall–Kier alpha value is -1.49. The van der Waals surface area contributed by atoms with Gasteiger partial charge >= 0.3 is 0 Å². The highest BCUT2D eigenvalue weighted by atomic mass is 35.5. The minimum Gasteiger partial charge on any atom is -0.271 e. The summed E-state index contributed by atoms with van der Waals surface area (Å²) in [6.07, 6.45) is 0.458. The molecule has 5 heteroatoms. The number of halogens is 3. The number of benzene rings is 2. The summed E-state index contributed by atoms with van der Waals surface area (Å²) in [5.41, 5.74) is 3.78. The summed E-state index contributed by atoms with van der Waals surface area (Å²) >= 11 is 5.89. The first kappa shape index (κ1) is 13.9. The van der Waals surface area contributed by atoms with Gasteiger partial charge in [-0.25, -0.2) is 8.78 Å². The van der Waals surface area contributed by atoms with E-state index in [1.807, 2.05) is 12.1 Å². The van der Waals surface area contributed by atoms with Gasteiger partial charge in [0.25, 0.3) is 0 Å². The Bertz CT molecular complexity index is 575. The molecule has 2 rings (SSSR count). The van der Waals surface area contributed by atoms with Crippen molar-refractivity contribution in [2.24, 2.45) is 5.84 Å². The molecule has 0 radical (unpaired) electrons. The van der Waals surface area contributed by atoms with E-state index in [1.165, 1.54) is 12.1 Å². The van der Waals surface area contributed by atoms with Crippen molar-refractivity contribution in [3.05, 3.63) is 70.2 Å². The predicted octanol–water partition coefficient (Wildman–Crippen LogP) is 3.37. The molecule has 0 aliphatic carbocycles. The molecule has 1 unspecified atom stereocenters. The van der Waals surface area contributed by atoms with Crippen LogP contribution in [0.15, 0.2) is 42.5 Å². The van der Waals surface area contributed by atoms with Crippen LogP contribution in [-0.2, 0) is 6.42 Å². The summed E-state index contributed by atoms with van der Waals surface area (Å²) in [6, 6.07) is 10.2. The van der Waals surface area contributed by atoms with Crippen LogP contribution in [0.25, 0.3) is 0 Å². The summed E-state index contributed by atoms with van der Waals surface area (Å²) < 4.78 is 26.6. The third-order valence-corrected chi connectivity index (χ3v) is 3.10. The molecule has 0 amide bonds. The van der Waals surface area contributed by atoms with Gasteiger partial charge in [0.05, 0.1) is 6.04 Å². The Morgan fingerprint density at radius 3 is 2.58 bits per heavy atom. The Kier molecular flexibility index (Phi) is 4.47. The molecule has 100 valence electrons. The second kappa shape index (κ2) is 6.10. The van der Waals surface area contributed by atoms with Crippen LogP contribution in [0.4, 0.5) is 8.78 Å². The molecule has 0 heterocycles. The number of nitrogens with one attached hydrogen (secondary N) is 1. The predicted molar refractivity (Wildman–Crippen MR) is 71.6 cm³/mol. The molecule has 0 bridgehead atoms. The van der Waals surface area contributed by atoms with Crippen molar-refractivity contribution >= 4 is 11.6 Å². The van der Waals surface area contributed by atoms with Gasteiger partial charge in [-0.3, -0.25) is 11.3 Å². The fourth-order valence-electron chi connectivity index (χ4n) is 1.94. The first-order valence-electron chi connectivity index (χ1n) is 5.75. The average molecular weight is 283 g/mol. The minimum absolute atomic E-state index is 0.323. The minimum atomic E-state index is -0.620. The van der Waals surface area contributed by atoms with Crippen LogP contribution in [0.1, 0.15) is 17.2 Å². The number of rotatable bonds is 4. The Morgan fingerprint density at radius 2 is 1.95 bits per heavy atom. The molecule has 0 aliphatic heterocycles. The lowest BCUT2D eigenvalue weighted by molar-refractivity contribution is 0.502. The van der Waals surface area contributed by atoms with Crippen LogP contribution in [0.5, 0.6) is 0 Å². The van der Waals surface area contributed by atoms with Gasteiger partial charge in [-0.2, -0.15) is 0 Å². The van der Waals surface area contributed by atoms with Crippen molar-refractivity contribution in [1.29, 1.82) is 0 Å². The zero-order valence-electron chi connectivity index (χ0n) is 10.0. The molecule has 0 saturated heterocycles. The summed E-state index contributed by atoms with van der Waals surface area (Å²) in [6.45, 7) is 0. The van der Waals surface area contributed by atoms with Gasteiger partial charge in [0.2, 0.25) is 0 Å². The summed E-state index contributed by atoms with van der Waals surface area (Å²) in [5, 5.41) is 0.604. The lowest BCUT2D eigenvalue weighted by Crippen LogP contribution is -2.30. The molecular formula is C14H13ClF2N2. The molecule has 0 fully saturated rings. The van der Waals surface area contributed by atoms with Crippen LogP contribution < -0.4 is 11.3 Å². The molecule has 0 spiro atoms. The van der Waals surface area contributed by atoms with E-state index in [4.69, 9.17) is 17.4 Å². The summed E-state index contributed by atoms with van der Waals surface area (Å²) in [4.78, 5) is 0. The van der Waals surface area contributed by atoms with Crippen LogP contribution in [0, 0.1) is 11.6 Å². The molecule has 0 saturated carbocycles. The maximum Gasteiger partial charge on any atom is 0.130 e. The van der Waals surface area contributed by atoms with Gasteiger partial charge in [-0.1, -0.05) is 29.8 Å². The van der Waals surface area contributed by atoms with Crippen molar-refractivity contribution in [3.63, 3.8) is 0 Å². The van der Waals surface area contributed by atoms with E-state index in [2.05, 4.69) is 5.43 Å². The number of nitrogens with two attached hydrogens (primary N) is 1. The van der Waals surface area contributed by atoms with E-state index >= 15 is 0 Å². The van der Waals surface area contributed by atoms with Crippen LogP contribution in [0.2, 0.25) is 5.02 Å². The third kappa shape index (κ3) is 3.50. The number of hydrogen-bond acceptors (Lipinski definition) is 2. The average Bonchev–Trinajstić information content (AvgIpc) is 2.37.